The van der Waals surface area contributed by atoms with Gasteiger partial charge in [0.25, 0.3) is 5.91 Å². The average Bonchev–Trinajstić information content (AvgIpc) is 3.33. The maximum atomic E-state index is 12.8. The molecule has 1 heterocycles. The molecule has 9 nitrogen and oxygen atoms in total. The molecule has 0 spiro atoms. The molecular formula is C21H22N2O7S. The highest BCUT2D eigenvalue weighted by Crippen LogP contribution is 2.23. The summed E-state index contributed by atoms with van der Waals surface area (Å²) in [5, 5.41) is 2.58. The fraction of sp³-hybridized carbons (Fsp3) is 0.286. The van der Waals surface area contributed by atoms with Gasteiger partial charge in [-0.1, -0.05) is 6.07 Å². The summed E-state index contributed by atoms with van der Waals surface area (Å²) in [6, 6.07) is 9.69. The number of nitrogens with zero attached hydrogens (tertiary/aromatic N) is 1. The smallest absolute Gasteiger partial charge is 0.337 e. The lowest BCUT2D eigenvalue weighted by atomic mass is 10.1. The Labute approximate surface area is 180 Å². The van der Waals surface area contributed by atoms with E-state index in [0.29, 0.717) is 13.1 Å². The van der Waals surface area contributed by atoms with Gasteiger partial charge < -0.3 is 14.8 Å². The molecule has 2 aromatic carbocycles. The molecule has 1 amide bonds. The van der Waals surface area contributed by atoms with Crippen LogP contribution in [0, 0.1) is 0 Å². The zero-order valence-corrected chi connectivity index (χ0v) is 17.9. The lowest BCUT2D eigenvalue weighted by Gasteiger charge is -2.16. The third-order valence-corrected chi connectivity index (χ3v) is 6.73. The number of carbonyl (C=O) groups is 3. The highest BCUT2D eigenvalue weighted by atomic mass is 32.2. The van der Waals surface area contributed by atoms with Crippen molar-refractivity contribution in [2.24, 2.45) is 0 Å². The van der Waals surface area contributed by atoms with Crippen molar-refractivity contribution < 1.29 is 32.3 Å². The molecule has 0 unspecified atom stereocenters. The van der Waals surface area contributed by atoms with Crippen molar-refractivity contribution in [3.63, 3.8) is 0 Å². The number of hydrogen-bond donors (Lipinski definition) is 1. The van der Waals surface area contributed by atoms with Crippen molar-refractivity contribution in [2.75, 3.05) is 32.6 Å². The molecule has 0 saturated carbocycles. The molecule has 3 rings (SSSR count). The first-order valence-corrected chi connectivity index (χ1v) is 10.9. The zero-order valence-electron chi connectivity index (χ0n) is 17.1. The largest absolute Gasteiger partial charge is 0.465 e. The lowest BCUT2D eigenvalue weighted by Crippen LogP contribution is -2.28. The van der Waals surface area contributed by atoms with E-state index in [-0.39, 0.29) is 27.3 Å². The van der Waals surface area contributed by atoms with Crippen LogP contribution in [0.15, 0.2) is 47.4 Å². The van der Waals surface area contributed by atoms with Crippen molar-refractivity contribution in [3.8, 4) is 0 Å². The molecule has 0 bridgehead atoms. The molecular weight excluding hydrogens is 424 g/mol. The van der Waals surface area contributed by atoms with E-state index < -0.39 is 27.9 Å². The monoisotopic (exact) mass is 446 g/mol. The number of esters is 2. The highest BCUT2D eigenvalue weighted by molar-refractivity contribution is 7.89. The average molecular weight is 446 g/mol. The van der Waals surface area contributed by atoms with Crippen LogP contribution in [-0.2, 0) is 19.5 Å². The van der Waals surface area contributed by atoms with E-state index in [1.54, 1.807) is 0 Å². The van der Waals surface area contributed by atoms with Crippen LogP contribution in [0.5, 0.6) is 0 Å². The minimum absolute atomic E-state index is 0.0283. The van der Waals surface area contributed by atoms with Gasteiger partial charge in [-0.05, 0) is 49.2 Å². The second-order valence-corrected chi connectivity index (χ2v) is 8.81. The molecule has 0 radical (unpaired) electrons. The number of methoxy groups -OCH3 is 2. The minimum Gasteiger partial charge on any atom is -0.465 e. The number of ether oxygens (including phenoxy) is 2. The molecule has 0 aromatic heterocycles. The molecule has 1 saturated heterocycles. The van der Waals surface area contributed by atoms with Crippen molar-refractivity contribution in [3.05, 3.63) is 59.2 Å². The van der Waals surface area contributed by atoms with Gasteiger partial charge >= 0.3 is 11.9 Å². The van der Waals surface area contributed by atoms with Crippen molar-refractivity contribution in [2.45, 2.75) is 17.7 Å². The first-order valence-electron chi connectivity index (χ1n) is 9.49. The first kappa shape index (κ1) is 22.4. The maximum absolute atomic E-state index is 12.8. The van der Waals surface area contributed by atoms with Crippen LogP contribution in [-0.4, -0.2) is 57.9 Å². The summed E-state index contributed by atoms with van der Waals surface area (Å²) in [6.07, 6.45) is 1.61. The van der Waals surface area contributed by atoms with Crippen LogP contribution in [0.3, 0.4) is 0 Å². The van der Waals surface area contributed by atoms with E-state index >= 15 is 0 Å². The summed E-state index contributed by atoms with van der Waals surface area (Å²) >= 11 is 0. The molecule has 10 heteroatoms. The Morgan fingerprint density at radius 3 is 2.00 bits per heavy atom. The number of nitrogens with one attached hydrogen (secondary N) is 1. The van der Waals surface area contributed by atoms with Gasteiger partial charge in [0.1, 0.15) is 0 Å². The van der Waals surface area contributed by atoms with E-state index in [1.807, 2.05) is 0 Å². The van der Waals surface area contributed by atoms with Gasteiger partial charge in [0.05, 0.1) is 30.2 Å². The Morgan fingerprint density at radius 2 is 1.45 bits per heavy atom. The van der Waals surface area contributed by atoms with E-state index in [9.17, 15) is 22.8 Å². The number of anilines is 1. The second-order valence-electron chi connectivity index (χ2n) is 6.88. The van der Waals surface area contributed by atoms with Crippen LogP contribution in [0.1, 0.15) is 43.9 Å². The standard InChI is InChI=1S/C21H22N2O7S/c1-29-20(25)15-10-16(21(26)30-2)12-17(11-15)22-19(24)14-6-5-7-18(13-14)31(27,28)23-8-3-4-9-23/h5-7,10-13H,3-4,8-9H2,1-2H3,(H,22,24). The Kier molecular flexibility index (Phi) is 6.71. The zero-order chi connectivity index (χ0) is 22.6. The third kappa shape index (κ3) is 4.92. The van der Waals surface area contributed by atoms with E-state index in [4.69, 9.17) is 0 Å². The Bertz CT molecular complexity index is 1090. The van der Waals surface area contributed by atoms with Gasteiger partial charge in [-0.25, -0.2) is 18.0 Å². The summed E-state index contributed by atoms with van der Waals surface area (Å²) < 4.78 is 36.3. The van der Waals surface area contributed by atoms with Crippen molar-refractivity contribution >= 4 is 33.6 Å². The summed E-state index contributed by atoms with van der Waals surface area (Å²) in [7, 11) is -1.29. The van der Waals surface area contributed by atoms with Crippen LogP contribution < -0.4 is 5.32 Å². The SMILES string of the molecule is COC(=O)c1cc(NC(=O)c2cccc(S(=O)(=O)N3CCCC3)c2)cc(C(=O)OC)c1. The Morgan fingerprint density at radius 1 is 0.871 bits per heavy atom. The Hall–Kier alpha value is -3.24. The minimum atomic E-state index is -3.68. The van der Waals surface area contributed by atoms with Crippen LogP contribution in [0.4, 0.5) is 5.69 Å². The molecule has 31 heavy (non-hydrogen) atoms. The van der Waals surface area contributed by atoms with Crippen LogP contribution >= 0.6 is 0 Å². The molecule has 2 aromatic rings. The van der Waals surface area contributed by atoms with Gasteiger partial charge in [-0.2, -0.15) is 4.31 Å². The van der Waals surface area contributed by atoms with E-state index in [2.05, 4.69) is 14.8 Å². The number of benzene rings is 2. The number of rotatable bonds is 6. The highest BCUT2D eigenvalue weighted by Gasteiger charge is 2.27. The quantitative estimate of drug-likeness (QED) is 0.676. The normalized spacial score (nSPS) is 14.1. The summed E-state index contributed by atoms with van der Waals surface area (Å²) in [6.45, 7) is 0.908. The molecule has 1 aliphatic rings. The molecule has 0 atom stereocenters. The lowest BCUT2D eigenvalue weighted by molar-refractivity contribution is 0.0598. The van der Waals surface area contributed by atoms with Crippen LogP contribution in [0.25, 0.3) is 0 Å². The van der Waals surface area contributed by atoms with Gasteiger partial charge in [-0.15, -0.1) is 0 Å². The molecule has 1 N–H and O–H groups in total. The van der Waals surface area contributed by atoms with Gasteiger partial charge in [-0.3, -0.25) is 4.79 Å². The fourth-order valence-corrected chi connectivity index (χ4v) is 4.81. The van der Waals surface area contributed by atoms with E-state index in [1.165, 1.54) is 61.0 Å². The maximum Gasteiger partial charge on any atom is 0.337 e. The summed E-state index contributed by atoms with van der Waals surface area (Å²) in [4.78, 5) is 36.6. The van der Waals surface area contributed by atoms with E-state index in [0.717, 1.165) is 12.8 Å². The van der Waals surface area contributed by atoms with Gasteiger partial charge in [0, 0.05) is 24.3 Å². The molecule has 1 fully saturated rings. The van der Waals surface area contributed by atoms with Crippen molar-refractivity contribution in [1.29, 1.82) is 0 Å². The second kappa shape index (κ2) is 9.27. The predicted octanol–water partition coefficient (Wildman–Crippen LogP) is 2.30. The topological polar surface area (TPSA) is 119 Å². The number of sulfonamides is 1. The third-order valence-electron chi connectivity index (χ3n) is 4.83. The van der Waals surface area contributed by atoms with Crippen molar-refractivity contribution in [1.82, 2.24) is 4.31 Å². The molecule has 1 aliphatic heterocycles. The summed E-state index contributed by atoms with van der Waals surface area (Å²) in [5.74, 6) is -1.99. The predicted molar refractivity (Wildman–Crippen MR) is 112 cm³/mol. The molecule has 164 valence electrons. The Balaban J connectivity index is 1.89. The fourth-order valence-electron chi connectivity index (χ4n) is 3.25. The summed E-state index contributed by atoms with van der Waals surface area (Å²) in [5.41, 5.74) is 0.363. The first-order chi connectivity index (χ1) is 14.8. The number of amides is 1. The number of hydrogen-bond acceptors (Lipinski definition) is 7. The number of carbonyl (C=O) groups excluding carboxylic acids is 3. The van der Waals surface area contributed by atoms with Gasteiger partial charge in [0.2, 0.25) is 10.0 Å². The van der Waals surface area contributed by atoms with Gasteiger partial charge in [0.15, 0.2) is 0 Å². The van der Waals surface area contributed by atoms with Crippen LogP contribution in [0.2, 0.25) is 0 Å². The molecule has 0 aliphatic carbocycles.